The van der Waals surface area contributed by atoms with Gasteiger partial charge in [-0.05, 0) is 47.8 Å². The fraction of sp³-hybridized carbons (Fsp3) is 0.417. The fourth-order valence-corrected chi connectivity index (χ4v) is 1.89. The lowest BCUT2D eigenvalue weighted by molar-refractivity contribution is 0.774. The summed E-state index contributed by atoms with van der Waals surface area (Å²) in [6.07, 6.45) is 5.31. The molecule has 1 aliphatic heterocycles. The summed E-state index contributed by atoms with van der Waals surface area (Å²) >= 11 is 3.47. The first-order chi connectivity index (χ1) is 7.16. The van der Waals surface area contributed by atoms with E-state index in [1.165, 1.54) is 11.1 Å². The topological polar surface area (TPSA) is 16.1 Å². The molecule has 80 valence electrons. The molecule has 1 aromatic rings. The van der Waals surface area contributed by atoms with Crippen molar-refractivity contribution in [1.29, 1.82) is 0 Å². The molecule has 1 aliphatic rings. The van der Waals surface area contributed by atoms with Crippen molar-refractivity contribution >= 4 is 21.7 Å². The van der Waals surface area contributed by atoms with Crippen LogP contribution in [0.25, 0.3) is 0 Å². The second kappa shape index (κ2) is 4.35. The first kappa shape index (κ1) is 10.7. The molecule has 2 nitrogen and oxygen atoms in total. The molecular weight excluding hydrogens is 252 g/mol. The molecule has 0 N–H and O–H groups in total. The van der Waals surface area contributed by atoms with Crippen molar-refractivity contribution in [2.75, 3.05) is 18.0 Å². The van der Waals surface area contributed by atoms with Crippen LogP contribution in [0.5, 0.6) is 0 Å². The zero-order valence-corrected chi connectivity index (χ0v) is 10.7. The van der Waals surface area contributed by atoms with Gasteiger partial charge in [0.15, 0.2) is 0 Å². The molecule has 2 heterocycles. The van der Waals surface area contributed by atoms with Crippen LogP contribution in [0.2, 0.25) is 0 Å². The monoisotopic (exact) mass is 266 g/mol. The van der Waals surface area contributed by atoms with Gasteiger partial charge >= 0.3 is 0 Å². The third-order valence-electron chi connectivity index (χ3n) is 2.79. The Balaban J connectivity index is 2.20. The van der Waals surface area contributed by atoms with Gasteiger partial charge in [-0.3, -0.25) is 0 Å². The smallest absolute Gasteiger partial charge is 0.129 e. The van der Waals surface area contributed by atoms with Crippen LogP contribution >= 0.6 is 15.9 Å². The van der Waals surface area contributed by atoms with Crippen molar-refractivity contribution in [3.63, 3.8) is 0 Å². The Bertz CT molecular complexity index is 399. The number of hydrogen-bond acceptors (Lipinski definition) is 2. The van der Waals surface area contributed by atoms with Crippen LogP contribution in [0, 0.1) is 6.92 Å². The predicted molar refractivity (Wildman–Crippen MR) is 67.3 cm³/mol. The molecule has 3 heteroatoms. The zero-order chi connectivity index (χ0) is 10.8. The highest BCUT2D eigenvalue weighted by Gasteiger charge is 2.11. The predicted octanol–water partition coefficient (Wildman–Crippen LogP) is 3.31. The number of rotatable bonds is 1. The molecule has 0 aliphatic carbocycles. The van der Waals surface area contributed by atoms with Crippen molar-refractivity contribution in [3.05, 3.63) is 33.9 Å². The van der Waals surface area contributed by atoms with Gasteiger partial charge < -0.3 is 4.90 Å². The molecule has 0 unspecified atom stereocenters. The lowest BCUT2D eigenvalue weighted by Gasteiger charge is -2.26. The van der Waals surface area contributed by atoms with Crippen molar-refractivity contribution in [1.82, 2.24) is 4.98 Å². The molecule has 0 saturated heterocycles. The normalized spacial score (nSPS) is 16.5. The highest BCUT2D eigenvalue weighted by atomic mass is 79.9. The first-order valence-corrected chi connectivity index (χ1v) is 5.99. The van der Waals surface area contributed by atoms with E-state index < -0.39 is 0 Å². The van der Waals surface area contributed by atoms with E-state index in [0.29, 0.717) is 0 Å². The van der Waals surface area contributed by atoms with Crippen molar-refractivity contribution in [2.45, 2.75) is 20.3 Å². The van der Waals surface area contributed by atoms with Gasteiger partial charge in [0.25, 0.3) is 0 Å². The third-order valence-corrected chi connectivity index (χ3v) is 3.62. The Labute approximate surface area is 99.1 Å². The van der Waals surface area contributed by atoms with E-state index in [9.17, 15) is 0 Å². The first-order valence-electron chi connectivity index (χ1n) is 5.19. The summed E-state index contributed by atoms with van der Waals surface area (Å²) in [5.74, 6) is 1.08. The molecule has 0 radical (unpaired) electrons. The minimum absolute atomic E-state index is 0.986. The highest BCUT2D eigenvalue weighted by Crippen LogP contribution is 2.22. The van der Waals surface area contributed by atoms with Gasteiger partial charge in [-0.15, -0.1) is 0 Å². The van der Waals surface area contributed by atoms with Crippen molar-refractivity contribution < 1.29 is 0 Å². The third kappa shape index (κ3) is 2.40. The van der Waals surface area contributed by atoms with Gasteiger partial charge in [-0.2, -0.15) is 0 Å². The van der Waals surface area contributed by atoms with Gasteiger partial charge in [0.05, 0.1) is 0 Å². The maximum absolute atomic E-state index is 4.44. The van der Waals surface area contributed by atoms with Crippen LogP contribution in [-0.2, 0) is 0 Å². The lowest BCUT2D eigenvalue weighted by atomic mass is 10.1. The van der Waals surface area contributed by atoms with Crippen molar-refractivity contribution in [2.24, 2.45) is 0 Å². The van der Waals surface area contributed by atoms with E-state index in [2.05, 4.69) is 51.8 Å². The summed E-state index contributed by atoms with van der Waals surface area (Å²) in [5, 5.41) is 0. The minimum Gasteiger partial charge on any atom is -0.353 e. The molecule has 0 bridgehead atoms. The Morgan fingerprint density at radius 1 is 1.40 bits per heavy atom. The fourth-order valence-electron chi connectivity index (χ4n) is 1.68. The number of pyridine rings is 1. The van der Waals surface area contributed by atoms with Crippen LogP contribution in [0.4, 0.5) is 5.82 Å². The Kier molecular flexibility index (Phi) is 3.10. The second-order valence-corrected chi connectivity index (χ2v) is 4.89. The largest absolute Gasteiger partial charge is 0.353 e. The van der Waals surface area contributed by atoms with E-state index in [4.69, 9.17) is 0 Å². The van der Waals surface area contributed by atoms with Crippen LogP contribution in [-0.4, -0.2) is 18.1 Å². The number of halogens is 1. The van der Waals surface area contributed by atoms with Gasteiger partial charge in [0.2, 0.25) is 0 Å². The highest BCUT2D eigenvalue weighted by molar-refractivity contribution is 9.10. The summed E-state index contributed by atoms with van der Waals surface area (Å²) in [6, 6.07) is 2.14. The summed E-state index contributed by atoms with van der Waals surface area (Å²) in [5.41, 5.74) is 2.73. The SMILES string of the molecule is CC1=CCN(c2cc(C)c(Br)cn2)CC1. The maximum atomic E-state index is 4.44. The average molecular weight is 267 g/mol. The Morgan fingerprint density at radius 3 is 2.80 bits per heavy atom. The van der Waals surface area contributed by atoms with Crippen LogP contribution in [0.1, 0.15) is 18.9 Å². The molecule has 0 fully saturated rings. The van der Waals surface area contributed by atoms with Crippen LogP contribution in [0.15, 0.2) is 28.4 Å². The molecule has 15 heavy (non-hydrogen) atoms. The zero-order valence-electron chi connectivity index (χ0n) is 9.13. The van der Waals surface area contributed by atoms with Gasteiger partial charge in [-0.1, -0.05) is 11.6 Å². The standard InChI is InChI=1S/C12H15BrN2/c1-9-3-5-15(6-4-9)12-7-10(2)11(13)8-14-12/h3,7-8H,4-6H2,1-2H3. The molecule has 0 spiro atoms. The van der Waals surface area contributed by atoms with E-state index in [0.717, 1.165) is 29.8 Å². The number of anilines is 1. The van der Waals surface area contributed by atoms with E-state index in [1.54, 1.807) is 0 Å². The summed E-state index contributed by atoms with van der Waals surface area (Å²) in [6.45, 7) is 6.36. The summed E-state index contributed by atoms with van der Waals surface area (Å²) in [4.78, 5) is 6.75. The van der Waals surface area contributed by atoms with E-state index in [-0.39, 0.29) is 0 Å². The molecule has 2 rings (SSSR count). The summed E-state index contributed by atoms with van der Waals surface area (Å²) in [7, 11) is 0. The Morgan fingerprint density at radius 2 is 2.20 bits per heavy atom. The van der Waals surface area contributed by atoms with Gasteiger partial charge in [0.1, 0.15) is 5.82 Å². The maximum Gasteiger partial charge on any atom is 0.129 e. The molecule has 0 saturated carbocycles. The number of nitrogens with zero attached hydrogens (tertiary/aromatic N) is 2. The van der Waals surface area contributed by atoms with Gasteiger partial charge in [-0.25, -0.2) is 4.98 Å². The number of aryl methyl sites for hydroxylation is 1. The van der Waals surface area contributed by atoms with Crippen molar-refractivity contribution in [3.8, 4) is 0 Å². The van der Waals surface area contributed by atoms with E-state index in [1.807, 2.05) is 6.20 Å². The van der Waals surface area contributed by atoms with Crippen LogP contribution < -0.4 is 4.90 Å². The molecular formula is C12H15BrN2. The molecule has 0 amide bonds. The molecule has 1 aromatic heterocycles. The number of hydrogen-bond donors (Lipinski definition) is 0. The summed E-state index contributed by atoms with van der Waals surface area (Å²) < 4.78 is 1.08. The number of aromatic nitrogens is 1. The molecule has 0 aromatic carbocycles. The lowest BCUT2D eigenvalue weighted by Crippen LogP contribution is -2.28. The second-order valence-electron chi connectivity index (χ2n) is 4.04. The quantitative estimate of drug-likeness (QED) is 0.726. The minimum atomic E-state index is 0.986. The van der Waals surface area contributed by atoms with Gasteiger partial charge in [0, 0.05) is 23.8 Å². The van der Waals surface area contributed by atoms with E-state index >= 15 is 0 Å². The molecule has 0 atom stereocenters. The van der Waals surface area contributed by atoms with Crippen LogP contribution in [0.3, 0.4) is 0 Å². The Hall–Kier alpha value is -0.830. The average Bonchev–Trinajstić information content (AvgIpc) is 2.23.